The van der Waals surface area contributed by atoms with E-state index >= 15 is 8.78 Å². The molecule has 2 aliphatic rings. The molecule has 0 atom stereocenters. The zero-order valence-corrected chi connectivity index (χ0v) is 22.0. The number of hydrogen-bond acceptors (Lipinski definition) is 7. The summed E-state index contributed by atoms with van der Waals surface area (Å²) in [5.41, 5.74) is -2.26. The van der Waals surface area contributed by atoms with Gasteiger partial charge in [0.1, 0.15) is 24.0 Å². The maximum absolute atomic E-state index is 16.0. The quantitative estimate of drug-likeness (QED) is 0.241. The molecule has 3 aromatic rings. The summed E-state index contributed by atoms with van der Waals surface area (Å²) in [6, 6.07) is 23.1. The van der Waals surface area contributed by atoms with E-state index in [1.807, 2.05) is 30.3 Å². The Morgan fingerprint density at radius 2 is 0.932 bits per heavy atom. The maximum atomic E-state index is 16.0. The lowest BCUT2D eigenvalue weighted by Gasteiger charge is -2.12. The van der Waals surface area contributed by atoms with E-state index in [9.17, 15) is 36.8 Å². The number of nitrogens with zero attached hydrogens (tertiary/aromatic N) is 8. The van der Waals surface area contributed by atoms with Crippen molar-refractivity contribution in [3.63, 3.8) is 0 Å². The second-order valence-corrected chi connectivity index (χ2v) is 9.29. The summed E-state index contributed by atoms with van der Waals surface area (Å²) in [5.74, 6) is -2.16. The fourth-order valence-electron chi connectivity index (χ4n) is 5.17. The van der Waals surface area contributed by atoms with Crippen molar-refractivity contribution in [2.45, 2.75) is 0 Å². The van der Waals surface area contributed by atoms with Crippen LogP contribution in [-0.4, -0.2) is 0 Å². The van der Waals surface area contributed by atoms with Crippen molar-refractivity contribution in [1.29, 1.82) is 36.8 Å². The first-order valence-corrected chi connectivity index (χ1v) is 12.3. The number of halogens is 2. The highest BCUT2D eigenvalue weighted by Gasteiger charge is 2.37. The molecule has 5 rings (SSSR count). The lowest BCUT2D eigenvalue weighted by atomic mass is 9.90. The molecular formula is C34H8F2N8. The predicted molar refractivity (Wildman–Crippen MR) is 151 cm³/mol. The van der Waals surface area contributed by atoms with Gasteiger partial charge in [-0.15, -0.1) is 0 Å². The van der Waals surface area contributed by atoms with Crippen molar-refractivity contribution in [3.05, 3.63) is 127 Å². The van der Waals surface area contributed by atoms with Crippen LogP contribution in [0.5, 0.6) is 0 Å². The van der Waals surface area contributed by atoms with Crippen LogP contribution in [0.15, 0.2) is 60.2 Å². The van der Waals surface area contributed by atoms with Crippen LogP contribution >= 0.6 is 0 Å². The Hall–Kier alpha value is -7.60. The van der Waals surface area contributed by atoms with Crippen LogP contribution in [0.2, 0.25) is 0 Å². The van der Waals surface area contributed by atoms with E-state index in [1.165, 1.54) is 48.5 Å². The molecule has 0 unspecified atom stereocenters. The fraction of sp³-hybridized carbons (Fsp3) is 0. The zero-order chi connectivity index (χ0) is 31.7. The van der Waals surface area contributed by atoms with Crippen molar-refractivity contribution in [2.75, 3.05) is 0 Å². The molecular weight excluding hydrogens is 558 g/mol. The molecule has 0 fully saturated rings. The van der Waals surface area contributed by atoms with Gasteiger partial charge >= 0.3 is 0 Å². The third-order valence-electron chi connectivity index (χ3n) is 6.99. The Balaban J connectivity index is 1.90. The summed E-state index contributed by atoms with van der Waals surface area (Å²) in [6.45, 7) is 7.86. The minimum atomic E-state index is -1.08. The van der Waals surface area contributed by atoms with Crippen LogP contribution in [0.4, 0.5) is 8.78 Å². The lowest BCUT2D eigenvalue weighted by Crippen LogP contribution is -1.96. The predicted octanol–water partition coefficient (Wildman–Crippen LogP) is 6.83. The normalized spacial score (nSPS) is 14.8. The van der Waals surface area contributed by atoms with Gasteiger partial charge in [0.05, 0.1) is 69.8 Å². The fourth-order valence-corrected chi connectivity index (χ4v) is 5.17. The molecule has 0 saturated heterocycles. The van der Waals surface area contributed by atoms with Crippen LogP contribution in [0, 0.1) is 85.9 Å². The third kappa shape index (κ3) is 4.13. The molecule has 0 heterocycles. The Labute approximate surface area is 248 Å². The number of fused-ring (bicyclic) bond motifs is 2. The highest BCUT2D eigenvalue weighted by atomic mass is 19.1. The Morgan fingerprint density at radius 1 is 0.523 bits per heavy atom. The Bertz CT molecular complexity index is 2150. The molecule has 8 nitrogen and oxygen atoms in total. The van der Waals surface area contributed by atoms with Crippen molar-refractivity contribution >= 4 is 33.6 Å². The number of rotatable bonds is 2. The van der Waals surface area contributed by atoms with Crippen LogP contribution < -0.4 is 0 Å². The molecule has 2 aliphatic carbocycles. The van der Waals surface area contributed by atoms with E-state index in [-0.39, 0.29) is 78.1 Å². The van der Waals surface area contributed by atoms with Gasteiger partial charge in [0.15, 0.2) is 5.83 Å². The van der Waals surface area contributed by atoms with Gasteiger partial charge < -0.3 is 0 Å². The summed E-state index contributed by atoms with van der Waals surface area (Å²) in [6.07, 6.45) is 0. The summed E-state index contributed by atoms with van der Waals surface area (Å²) in [5, 5.41) is 67.5. The van der Waals surface area contributed by atoms with Gasteiger partial charge in [0, 0.05) is 22.3 Å². The molecule has 44 heavy (non-hydrogen) atoms. The summed E-state index contributed by atoms with van der Waals surface area (Å²) in [4.78, 5) is 3.47. The monoisotopic (exact) mass is 566 g/mol. The van der Waals surface area contributed by atoms with Gasteiger partial charge in [-0.1, -0.05) is 0 Å². The van der Waals surface area contributed by atoms with E-state index in [0.717, 1.165) is 0 Å². The maximum Gasteiger partial charge on any atom is 0.205 e. The zero-order valence-electron chi connectivity index (χ0n) is 22.0. The summed E-state index contributed by atoms with van der Waals surface area (Å²) < 4.78 is 31.9. The summed E-state index contributed by atoms with van der Waals surface area (Å²) >= 11 is 0. The van der Waals surface area contributed by atoms with Gasteiger partial charge in [0.2, 0.25) is 5.70 Å². The largest absolute Gasteiger partial charge is 0.237 e. The van der Waals surface area contributed by atoms with Gasteiger partial charge in [-0.3, -0.25) is 0 Å². The number of nitriles is 7. The van der Waals surface area contributed by atoms with E-state index < -0.39 is 22.8 Å². The third-order valence-corrected chi connectivity index (χ3v) is 6.99. The smallest absolute Gasteiger partial charge is 0.205 e. The SMILES string of the molecule is [C-]#[N+]/C(=C1/C(F)=C(C#N)c2cc3c(cc21)/C(=C(\C#N)c1cc(C#N)cc(C#N)c1)C(F)=C3C#N)c1cc(C#N)cc(C#N)c1. The molecule has 0 saturated carbocycles. The molecule has 3 aromatic carbocycles. The van der Waals surface area contributed by atoms with E-state index in [0.29, 0.717) is 0 Å². The van der Waals surface area contributed by atoms with Gasteiger partial charge in [-0.2, -0.15) is 36.8 Å². The minimum Gasteiger partial charge on any atom is -0.237 e. The number of hydrogen-bond donors (Lipinski definition) is 0. The minimum absolute atomic E-state index is 0.0186. The first-order valence-electron chi connectivity index (χ1n) is 12.3. The second kappa shape index (κ2) is 10.8. The molecule has 0 aromatic heterocycles. The topological polar surface area (TPSA) is 171 Å². The highest BCUT2D eigenvalue weighted by Crippen LogP contribution is 2.52. The first kappa shape index (κ1) is 27.9. The molecule has 0 bridgehead atoms. The average Bonchev–Trinajstić information content (AvgIpc) is 3.48. The molecule has 0 aliphatic heterocycles. The Morgan fingerprint density at radius 3 is 1.34 bits per heavy atom. The number of allylic oxidation sites excluding steroid dienone is 7. The van der Waals surface area contributed by atoms with Crippen molar-refractivity contribution in [3.8, 4) is 42.5 Å². The molecule has 0 radical (unpaired) electrons. The standard InChI is InChI=1S/C34H8F2N8/c1-44-34(22-6-19(12-39)3-20(7-22)13-40)31-26-9-25-23(8-24(26)29(16-43)33(31)36)28(15-42)32(35)30(25)27(14-41)21-4-17(10-37)2-18(5-21)11-38/h2-9H/b30-27-,34-31+. The molecule has 0 N–H and O–H groups in total. The summed E-state index contributed by atoms with van der Waals surface area (Å²) in [7, 11) is 0. The van der Waals surface area contributed by atoms with Gasteiger partial charge in [-0.05, 0) is 70.8 Å². The molecule has 198 valence electrons. The van der Waals surface area contributed by atoms with Crippen LogP contribution in [0.1, 0.15) is 55.6 Å². The van der Waals surface area contributed by atoms with Crippen molar-refractivity contribution < 1.29 is 8.78 Å². The van der Waals surface area contributed by atoms with Crippen molar-refractivity contribution in [2.24, 2.45) is 0 Å². The van der Waals surface area contributed by atoms with E-state index in [2.05, 4.69) is 4.85 Å². The molecule has 0 spiro atoms. The molecule has 0 amide bonds. The number of benzene rings is 3. The van der Waals surface area contributed by atoms with Gasteiger partial charge in [0.25, 0.3) is 0 Å². The second-order valence-electron chi connectivity index (χ2n) is 9.29. The lowest BCUT2D eigenvalue weighted by molar-refractivity contribution is 0.682. The van der Waals surface area contributed by atoms with E-state index in [4.69, 9.17) is 6.57 Å². The van der Waals surface area contributed by atoms with Crippen molar-refractivity contribution in [1.82, 2.24) is 0 Å². The average molecular weight is 566 g/mol. The first-order chi connectivity index (χ1) is 21.3. The van der Waals surface area contributed by atoms with E-state index in [1.54, 1.807) is 12.1 Å². The Kier molecular flexibility index (Phi) is 6.83. The van der Waals surface area contributed by atoms with Crippen LogP contribution in [0.25, 0.3) is 38.4 Å². The molecule has 10 heteroatoms. The van der Waals surface area contributed by atoms with Crippen LogP contribution in [-0.2, 0) is 0 Å². The van der Waals surface area contributed by atoms with Crippen LogP contribution in [0.3, 0.4) is 0 Å². The van der Waals surface area contributed by atoms with Gasteiger partial charge in [-0.25, -0.2) is 13.6 Å². The highest BCUT2D eigenvalue weighted by molar-refractivity contribution is 6.17.